The van der Waals surface area contributed by atoms with Crippen LogP contribution in [-0.4, -0.2) is 21.8 Å². The second-order valence-corrected chi connectivity index (χ2v) is 7.31. The van der Waals surface area contributed by atoms with Crippen LogP contribution >= 0.6 is 11.8 Å². The van der Waals surface area contributed by atoms with Crippen molar-refractivity contribution in [1.29, 1.82) is 0 Å². The van der Waals surface area contributed by atoms with E-state index in [-0.39, 0.29) is 5.91 Å². The third kappa shape index (κ3) is 3.03. The highest BCUT2D eigenvalue weighted by Gasteiger charge is 2.35. The molecular formula is C19H20N4O2S. The van der Waals surface area contributed by atoms with E-state index >= 15 is 0 Å². The lowest BCUT2D eigenvalue weighted by atomic mass is 10.1. The fraction of sp³-hybridized carbons (Fsp3) is 0.316. The quantitative estimate of drug-likeness (QED) is 0.841. The number of furan rings is 1. The van der Waals surface area contributed by atoms with Crippen LogP contribution in [0.25, 0.3) is 5.70 Å². The first-order valence-electron chi connectivity index (χ1n) is 8.73. The summed E-state index contributed by atoms with van der Waals surface area (Å²) < 4.78 is 5.80. The normalized spacial score (nSPS) is 18.6. The van der Waals surface area contributed by atoms with Gasteiger partial charge in [-0.05, 0) is 31.5 Å². The first-order valence-corrected chi connectivity index (χ1v) is 9.71. The van der Waals surface area contributed by atoms with Crippen LogP contribution in [0.5, 0.6) is 0 Å². The Kier molecular flexibility index (Phi) is 4.55. The van der Waals surface area contributed by atoms with Gasteiger partial charge in [-0.1, -0.05) is 43.3 Å². The summed E-state index contributed by atoms with van der Waals surface area (Å²) in [5.41, 5.74) is 0.509. The maximum absolute atomic E-state index is 12.9. The van der Waals surface area contributed by atoms with Crippen molar-refractivity contribution in [3.63, 3.8) is 0 Å². The van der Waals surface area contributed by atoms with Crippen LogP contribution in [-0.2, 0) is 4.79 Å². The third-order valence-corrected chi connectivity index (χ3v) is 5.22. The lowest BCUT2D eigenvalue weighted by molar-refractivity contribution is -0.116. The molecule has 2 aliphatic rings. The molecule has 0 spiro atoms. The first-order chi connectivity index (χ1) is 12.7. The van der Waals surface area contributed by atoms with Gasteiger partial charge >= 0.3 is 0 Å². The molecule has 1 aromatic carbocycles. The zero-order chi connectivity index (χ0) is 18.1. The molecule has 2 aromatic rings. The minimum Gasteiger partial charge on any atom is -0.462 e. The SMILES string of the molecule is CCCCSC1=NN2C(=c3ccccc3=N[C@H]2c2ccc(C)o2)C(=O)N1. The molecule has 0 fully saturated rings. The Balaban J connectivity index is 1.83. The van der Waals surface area contributed by atoms with Crippen molar-refractivity contribution in [2.45, 2.75) is 32.9 Å². The Morgan fingerprint density at radius 3 is 2.88 bits per heavy atom. The molecule has 1 N–H and O–H groups in total. The van der Waals surface area contributed by atoms with Gasteiger partial charge in [0.15, 0.2) is 10.9 Å². The number of nitrogens with one attached hydrogen (secondary N) is 1. The van der Waals surface area contributed by atoms with Crippen molar-refractivity contribution < 1.29 is 9.21 Å². The number of hydrazone groups is 1. The molecule has 0 saturated carbocycles. The van der Waals surface area contributed by atoms with E-state index < -0.39 is 6.17 Å². The van der Waals surface area contributed by atoms with E-state index in [0.29, 0.717) is 16.6 Å². The molecule has 0 saturated heterocycles. The van der Waals surface area contributed by atoms with Gasteiger partial charge in [0.1, 0.15) is 11.5 Å². The third-order valence-electron chi connectivity index (χ3n) is 4.27. The molecule has 0 aliphatic carbocycles. The van der Waals surface area contributed by atoms with E-state index in [0.717, 1.165) is 34.9 Å². The molecule has 134 valence electrons. The number of unbranched alkanes of at least 4 members (excludes halogenated alkanes) is 1. The number of amides is 1. The second kappa shape index (κ2) is 6.99. The van der Waals surface area contributed by atoms with Crippen molar-refractivity contribution >= 4 is 28.5 Å². The van der Waals surface area contributed by atoms with Gasteiger partial charge in [-0.25, -0.2) is 10.0 Å². The molecule has 2 aliphatic heterocycles. The van der Waals surface area contributed by atoms with Crippen LogP contribution in [0.2, 0.25) is 0 Å². The summed E-state index contributed by atoms with van der Waals surface area (Å²) in [5.74, 6) is 2.23. The fourth-order valence-corrected chi connectivity index (χ4v) is 3.92. The number of thioether (sulfide) groups is 1. The molecule has 3 heterocycles. The maximum atomic E-state index is 12.9. The average molecular weight is 368 g/mol. The number of benzene rings is 1. The number of carbonyl (C=O) groups is 1. The van der Waals surface area contributed by atoms with Crippen molar-refractivity contribution in [3.05, 3.63) is 58.5 Å². The number of carbonyl (C=O) groups excluding carboxylic acids is 1. The van der Waals surface area contributed by atoms with E-state index in [1.54, 1.807) is 16.8 Å². The Hall–Kier alpha value is -2.54. The summed E-state index contributed by atoms with van der Waals surface area (Å²) >= 11 is 1.56. The van der Waals surface area contributed by atoms with Crippen LogP contribution in [0.1, 0.15) is 37.5 Å². The van der Waals surface area contributed by atoms with Gasteiger partial charge in [0.2, 0.25) is 6.17 Å². The first kappa shape index (κ1) is 16.9. The fourth-order valence-electron chi connectivity index (χ4n) is 2.98. The number of hydrogen-bond donors (Lipinski definition) is 1. The van der Waals surface area contributed by atoms with Gasteiger partial charge in [-0.2, -0.15) is 0 Å². The molecule has 26 heavy (non-hydrogen) atoms. The predicted molar refractivity (Wildman–Crippen MR) is 102 cm³/mol. The number of nitrogens with zero attached hydrogens (tertiary/aromatic N) is 3. The van der Waals surface area contributed by atoms with Crippen molar-refractivity contribution in [2.75, 3.05) is 5.75 Å². The van der Waals surface area contributed by atoms with Crippen molar-refractivity contribution in [2.24, 2.45) is 10.1 Å². The molecule has 1 amide bonds. The summed E-state index contributed by atoms with van der Waals surface area (Å²) in [6.45, 7) is 4.03. The van der Waals surface area contributed by atoms with Crippen LogP contribution in [0.4, 0.5) is 0 Å². The highest BCUT2D eigenvalue weighted by atomic mass is 32.2. The van der Waals surface area contributed by atoms with Gasteiger partial charge < -0.3 is 4.42 Å². The molecule has 0 unspecified atom stereocenters. The highest BCUT2D eigenvalue weighted by Crippen LogP contribution is 2.31. The summed E-state index contributed by atoms with van der Waals surface area (Å²) in [5, 5.41) is 11.4. The van der Waals surface area contributed by atoms with Crippen molar-refractivity contribution in [1.82, 2.24) is 10.3 Å². The Morgan fingerprint density at radius 2 is 2.12 bits per heavy atom. The van der Waals surface area contributed by atoms with E-state index in [4.69, 9.17) is 9.41 Å². The smallest absolute Gasteiger partial charge is 0.276 e. The van der Waals surface area contributed by atoms with Gasteiger partial charge in [-0.3, -0.25) is 10.1 Å². The molecule has 6 nitrogen and oxygen atoms in total. The minimum absolute atomic E-state index is 0.158. The standard InChI is InChI=1S/C19H20N4O2S/c1-3-4-11-26-19-21-18(24)16-13-7-5-6-8-14(13)20-17(23(16)22-19)15-10-9-12(2)25-15/h5-10,17H,3-4,11H2,1-2H3,(H,21,22,24)/t17-/m1/s1. The highest BCUT2D eigenvalue weighted by molar-refractivity contribution is 8.13. The monoisotopic (exact) mass is 368 g/mol. The Labute approximate surface area is 155 Å². The lowest BCUT2D eigenvalue weighted by Gasteiger charge is -2.32. The van der Waals surface area contributed by atoms with E-state index in [1.807, 2.05) is 43.3 Å². The Bertz CT molecular complexity index is 995. The molecule has 1 atom stereocenters. The minimum atomic E-state index is -0.485. The zero-order valence-electron chi connectivity index (χ0n) is 14.7. The largest absolute Gasteiger partial charge is 0.462 e. The summed E-state index contributed by atoms with van der Waals surface area (Å²) in [7, 11) is 0. The van der Waals surface area contributed by atoms with Gasteiger partial charge in [0, 0.05) is 11.0 Å². The molecule has 7 heteroatoms. The molecule has 4 rings (SSSR count). The summed E-state index contributed by atoms with van der Waals surface area (Å²) in [4.78, 5) is 17.7. The van der Waals surface area contributed by atoms with Crippen molar-refractivity contribution in [3.8, 4) is 0 Å². The molecule has 0 bridgehead atoms. The van der Waals surface area contributed by atoms with Crippen LogP contribution in [0.3, 0.4) is 0 Å². The number of fused-ring (bicyclic) bond motifs is 2. The number of hydrogen-bond acceptors (Lipinski definition) is 6. The average Bonchev–Trinajstić information content (AvgIpc) is 3.07. The van der Waals surface area contributed by atoms with Crippen LogP contribution < -0.4 is 15.9 Å². The summed E-state index contributed by atoms with van der Waals surface area (Å²) in [6.07, 6.45) is 1.69. The number of rotatable bonds is 4. The van der Waals surface area contributed by atoms with E-state index in [1.165, 1.54) is 0 Å². The van der Waals surface area contributed by atoms with Gasteiger partial charge in [0.05, 0.1) is 5.36 Å². The van der Waals surface area contributed by atoms with E-state index in [9.17, 15) is 4.79 Å². The Morgan fingerprint density at radius 1 is 1.27 bits per heavy atom. The molecule has 1 aromatic heterocycles. The summed E-state index contributed by atoms with van der Waals surface area (Å²) in [6, 6.07) is 11.4. The van der Waals surface area contributed by atoms with Crippen LogP contribution in [0.15, 0.2) is 50.9 Å². The zero-order valence-corrected chi connectivity index (χ0v) is 15.5. The second-order valence-electron chi connectivity index (χ2n) is 6.22. The van der Waals surface area contributed by atoms with Gasteiger partial charge in [-0.15, -0.1) is 5.10 Å². The number of para-hydroxylation sites is 1. The van der Waals surface area contributed by atoms with Crippen LogP contribution in [0, 0.1) is 6.92 Å². The van der Waals surface area contributed by atoms with E-state index in [2.05, 4.69) is 17.3 Å². The van der Waals surface area contributed by atoms with Gasteiger partial charge in [0.25, 0.3) is 5.91 Å². The maximum Gasteiger partial charge on any atom is 0.276 e. The lowest BCUT2D eigenvalue weighted by Crippen LogP contribution is -2.50. The number of amidine groups is 1. The number of aryl methyl sites for hydroxylation is 1. The molecular weight excluding hydrogens is 348 g/mol. The topological polar surface area (TPSA) is 70.2 Å². The predicted octanol–water partition coefficient (Wildman–Crippen LogP) is 2.26. The molecule has 0 radical (unpaired) electrons.